The topological polar surface area (TPSA) is 3.24 Å². The van der Waals surface area contributed by atoms with Gasteiger partial charge in [-0.2, -0.15) is 0 Å². The Balaban J connectivity index is 1.82. The fraction of sp³-hybridized carbons (Fsp3) is 0.692. The molecule has 0 N–H and O–H groups in total. The van der Waals surface area contributed by atoms with Crippen LogP contribution in [-0.2, 0) is 13.0 Å². The molecule has 3 heteroatoms. The lowest BCUT2D eigenvalue weighted by Crippen LogP contribution is -2.19. The van der Waals surface area contributed by atoms with E-state index in [4.69, 9.17) is 11.6 Å². The first-order valence-electron chi connectivity index (χ1n) is 6.17. The zero-order valence-corrected chi connectivity index (χ0v) is 11.5. The maximum absolute atomic E-state index is 5.80. The number of halogens is 1. The summed E-state index contributed by atoms with van der Waals surface area (Å²) in [6, 6.07) is 4.56. The number of thiophene rings is 1. The minimum atomic E-state index is 0.817. The van der Waals surface area contributed by atoms with Crippen LogP contribution in [0.5, 0.6) is 0 Å². The standard InChI is InChI=1S/C13H20ClNS/c1-2-12-3-4-13(16-12)10-15-8-6-11(9-15)5-7-14/h3-4,11H,2,5-10H2,1H3. The number of rotatable bonds is 5. The molecular formula is C13H20ClNS. The smallest absolute Gasteiger partial charge is 0.0328 e. The first-order chi connectivity index (χ1) is 7.81. The minimum absolute atomic E-state index is 0.817. The first-order valence-corrected chi connectivity index (χ1v) is 7.52. The van der Waals surface area contributed by atoms with Crippen molar-refractivity contribution >= 4 is 22.9 Å². The van der Waals surface area contributed by atoms with Crippen molar-refractivity contribution in [3.63, 3.8) is 0 Å². The minimum Gasteiger partial charge on any atom is -0.298 e. The van der Waals surface area contributed by atoms with E-state index >= 15 is 0 Å². The molecule has 1 fully saturated rings. The zero-order valence-electron chi connectivity index (χ0n) is 9.92. The van der Waals surface area contributed by atoms with Gasteiger partial charge in [0.1, 0.15) is 0 Å². The molecular weight excluding hydrogens is 238 g/mol. The van der Waals surface area contributed by atoms with E-state index in [0.29, 0.717) is 0 Å². The fourth-order valence-electron chi connectivity index (χ4n) is 2.36. The van der Waals surface area contributed by atoms with E-state index in [2.05, 4.69) is 24.0 Å². The molecule has 1 saturated heterocycles. The summed E-state index contributed by atoms with van der Waals surface area (Å²) < 4.78 is 0. The highest BCUT2D eigenvalue weighted by atomic mass is 35.5. The van der Waals surface area contributed by atoms with Crippen LogP contribution in [0.25, 0.3) is 0 Å². The van der Waals surface area contributed by atoms with Gasteiger partial charge >= 0.3 is 0 Å². The molecule has 1 aliphatic heterocycles. The third kappa shape index (κ3) is 3.22. The van der Waals surface area contributed by atoms with Crippen molar-refractivity contribution in [1.82, 2.24) is 4.90 Å². The summed E-state index contributed by atoms with van der Waals surface area (Å²) in [5.41, 5.74) is 0. The summed E-state index contributed by atoms with van der Waals surface area (Å²) in [7, 11) is 0. The van der Waals surface area contributed by atoms with Crippen LogP contribution in [0.3, 0.4) is 0 Å². The number of hydrogen-bond acceptors (Lipinski definition) is 2. The Labute approximate surface area is 107 Å². The van der Waals surface area contributed by atoms with Crippen molar-refractivity contribution in [3.05, 3.63) is 21.9 Å². The molecule has 1 aliphatic rings. The van der Waals surface area contributed by atoms with E-state index in [1.54, 1.807) is 0 Å². The highest BCUT2D eigenvalue weighted by Gasteiger charge is 2.21. The van der Waals surface area contributed by atoms with Gasteiger partial charge in [0.25, 0.3) is 0 Å². The molecule has 90 valence electrons. The lowest BCUT2D eigenvalue weighted by atomic mass is 10.1. The lowest BCUT2D eigenvalue weighted by molar-refractivity contribution is 0.318. The third-order valence-corrected chi connectivity index (χ3v) is 4.77. The number of aryl methyl sites for hydroxylation is 1. The molecule has 1 aromatic rings. The Hall–Kier alpha value is -0.0500. The van der Waals surface area contributed by atoms with E-state index in [-0.39, 0.29) is 0 Å². The highest BCUT2D eigenvalue weighted by Crippen LogP contribution is 2.24. The van der Waals surface area contributed by atoms with Crippen LogP contribution in [0.4, 0.5) is 0 Å². The predicted octanol–water partition coefficient (Wildman–Crippen LogP) is 3.76. The summed E-state index contributed by atoms with van der Waals surface area (Å²) in [5, 5.41) is 0. The van der Waals surface area contributed by atoms with Crippen molar-refractivity contribution in [1.29, 1.82) is 0 Å². The van der Waals surface area contributed by atoms with Gasteiger partial charge in [0.15, 0.2) is 0 Å². The average molecular weight is 258 g/mol. The van der Waals surface area contributed by atoms with Crippen molar-refractivity contribution in [3.8, 4) is 0 Å². The predicted molar refractivity (Wildman–Crippen MR) is 72.4 cm³/mol. The maximum atomic E-state index is 5.80. The van der Waals surface area contributed by atoms with Gasteiger partial charge in [-0.15, -0.1) is 22.9 Å². The van der Waals surface area contributed by atoms with Crippen molar-refractivity contribution < 1.29 is 0 Å². The van der Waals surface area contributed by atoms with E-state index in [0.717, 1.165) is 18.3 Å². The van der Waals surface area contributed by atoms with Crippen LogP contribution in [0.1, 0.15) is 29.5 Å². The largest absolute Gasteiger partial charge is 0.298 e. The monoisotopic (exact) mass is 257 g/mol. The quantitative estimate of drug-likeness (QED) is 0.726. The van der Waals surface area contributed by atoms with Crippen molar-refractivity contribution in [2.24, 2.45) is 5.92 Å². The molecule has 1 aromatic heterocycles. The molecule has 0 saturated carbocycles. The van der Waals surface area contributed by atoms with Crippen molar-refractivity contribution in [2.45, 2.75) is 32.7 Å². The van der Waals surface area contributed by atoms with Gasteiger partial charge in [0.2, 0.25) is 0 Å². The second-order valence-corrected chi connectivity index (χ2v) is 6.22. The Morgan fingerprint density at radius 1 is 1.44 bits per heavy atom. The molecule has 2 heterocycles. The SMILES string of the molecule is CCc1ccc(CN2CCC(CCCl)C2)s1. The summed E-state index contributed by atoms with van der Waals surface area (Å²) in [6.07, 6.45) is 3.68. The van der Waals surface area contributed by atoms with E-state index in [9.17, 15) is 0 Å². The fourth-order valence-corrected chi connectivity index (χ4v) is 3.67. The van der Waals surface area contributed by atoms with E-state index in [1.165, 1.54) is 42.1 Å². The molecule has 0 aliphatic carbocycles. The van der Waals surface area contributed by atoms with Crippen LogP contribution in [0.15, 0.2) is 12.1 Å². The van der Waals surface area contributed by atoms with Gasteiger partial charge in [-0.3, -0.25) is 4.90 Å². The molecule has 0 amide bonds. The van der Waals surface area contributed by atoms with E-state index in [1.807, 2.05) is 11.3 Å². The summed E-state index contributed by atoms with van der Waals surface area (Å²) in [4.78, 5) is 5.59. The van der Waals surface area contributed by atoms with Gasteiger partial charge in [0, 0.05) is 28.7 Å². The Bertz CT molecular complexity index is 323. The zero-order chi connectivity index (χ0) is 11.4. The molecule has 0 spiro atoms. The van der Waals surface area contributed by atoms with Gasteiger partial charge in [-0.1, -0.05) is 6.92 Å². The maximum Gasteiger partial charge on any atom is 0.0328 e. The number of likely N-dealkylation sites (tertiary alicyclic amines) is 1. The van der Waals surface area contributed by atoms with Gasteiger partial charge in [-0.05, 0) is 43.9 Å². The molecule has 0 bridgehead atoms. The van der Waals surface area contributed by atoms with Crippen LogP contribution in [0, 0.1) is 5.92 Å². The molecule has 2 rings (SSSR count). The normalized spacial score (nSPS) is 21.8. The number of alkyl halides is 1. The van der Waals surface area contributed by atoms with Crippen molar-refractivity contribution in [2.75, 3.05) is 19.0 Å². The van der Waals surface area contributed by atoms with Gasteiger partial charge in [-0.25, -0.2) is 0 Å². The van der Waals surface area contributed by atoms with Crippen LogP contribution in [0.2, 0.25) is 0 Å². The van der Waals surface area contributed by atoms with Gasteiger partial charge in [0.05, 0.1) is 0 Å². The first kappa shape index (κ1) is 12.4. The van der Waals surface area contributed by atoms with Crippen LogP contribution >= 0.6 is 22.9 Å². The molecule has 1 unspecified atom stereocenters. The molecule has 1 nitrogen and oxygen atoms in total. The summed E-state index contributed by atoms with van der Waals surface area (Å²) in [5.74, 6) is 1.65. The third-order valence-electron chi connectivity index (χ3n) is 3.33. The summed E-state index contributed by atoms with van der Waals surface area (Å²) >= 11 is 7.76. The highest BCUT2D eigenvalue weighted by molar-refractivity contribution is 7.11. The molecule has 0 aromatic carbocycles. The van der Waals surface area contributed by atoms with E-state index < -0.39 is 0 Å². The average Bonchev–Trinajstić information content (AvgIpc) is 2.89. The lowest BCUT2D eigenvalue weighted by Gasteiger charge is -2.14. The molecule has 1 atom stereocenters. The molecule has 16 heavy (non-hydrogen) atoms. The Morgan fingerprint density at radius 3 is 2.94 bits per heavy atom. The van der Waals surface area contributed by atoms with Crippen LogP contribution in [-0.4, -0.2) is 23.9 Å². The number of nitrogens with zero attached hydrogens (tertiary/aromatic N) is 1. The number of hydrogen-bond donors (Lipinski definition) is 0. The Morgan fingerprint density at radius 2 is 2.25 bits per heavy atom. The Kier molecular flexibility index (Phi) is 4.68. The summed E-state index contributed by atoms with van der Waals surface area (Å²) in [6.45, 7) is 5.86. The second-order valence-electron chi connectivity index (χ2n) is 4.59. The van der Waals surface area contributed by atoms with Crippen LogP contribution < -0.4 is 0 Å². The second kappa shape index (κ2) is 6.04. The van der Waals surface area contributed by atoms with Gasteiger partial charge < -0.3 is 0 Å². The molecule has 0 radical (unpaired) electrons.